The summed E-state index contributed by atoms with van der Waals surface area (Å²) in [6, 6.07) is 9.62. The largest absolute Gasteiger partial charge is 0.317 e. The highest BCUT2D eigenvalue weighted by Crippen LogP contribution is 2.34. The van der Waals surface area contributed by atoms with E-state index in [4.69, 9.17) is 5.73 Å². The zero-order valence-electron chi connectivity index (χ0n) is 20.1. The van der Waals surface area contributed by atoms with Crippen LogP contribution in [0.1, 0.15) is 58.9 Å². The van der Waals surface area contributed by atoms with Gasteiger partial charge in [0.25, 0.3) is 5.91 Å². The lowest BCUT2D eigenvalue weighted by Gasteiger charge is -2.31. The van der Waals surface area contributed by atoms with Crippen LogP contribution in [0, 0.1) is 23.7 Å². The number of nitrogens with two attached hydrogens (primary N) is 1. The highest BCUT2D eigenvalue weighted by atomic mass is 16.5. The number of nitrogens with one attached hydrogen (secondary N) is 2. The second-order valence-corrected chi connectivity index (χ2v) is 9.81. The van der Waals surface area contributed by atoms with E-state index in [1.54, 1.807) is 5.48 Å². The molecule has 1 aliphatic rings. The van der Waals surface area contributed by atoms with Gasteiger partial charge in [0.1, 0.15) is 0 Å². The molecule has 0 saturated heterocycles. The van der Waals surface area contributed by atoms with E-state index < -0.39 is 29.2 Å². The molecule has 1 aromatic rings. The molecule has 182 valence electrons. The molecule has 1 saturated carbocycles. The molecule has 33 heavy (non-hydrogen) atoms. The molecule has 2 atom stereocenters. The lowest BCUT2D eigenvalue weighted by molar-refractivity contribution is -0.148. The number of benzene rings is 1. The maximum atomic E-state index is 13.4. The molecular formula is C25H38N4O4. The number of hydrazine groups is 1. The van der Waals surface area contributed by atoms with Crippen LogP contribution in [0.4, 0.5) is 0 Å². The first kappa shape index (κ1) is 26.5. The number of rotatable bonds is 11. The zero-order valence-corrected chi connectivity index (χ0v) is 20.1. The van der Waals surface area contributed by atoms with Gasteiger partial charge in [-0.05, 0) is 43.1 Å². The van der Waals surface area contributed by atoms with Gasteiger partial charge in [-0.25, -0.2) is 5.48 Å². The van der Waals surface area contributed by atoms with E-state index >= 15 is 0 Å². The van der Waals surface area contributed by atoms with Gasteiger partial charge in [0, 0.05) is 6.54 Å². The lowest BCUT2D eigenvalue weighted by Crippen LogP contribution is -2.57. The summed E-state index contributed by atoms with van der Waals surface area (Å²) in [5, 5.41) is 10.7. The average Bonchev–Trinajstić information content (AvgIpc) is 3.52. The number of nitrogens with zero attached hydrogens (tertiary/aromatic N) is 1. The molecule has 1 aromatic carbocycles. The number of allylic oxidation sites excluding steroid dienone is 1. The summed E-state index contributed by atoms with van der Waals surface area (Å²) in [5.41, 5.74) is 10.6. The van der Waals surface area contributed by atoms with Gasteiger partial charge < -0.3 is 5.73 Å². The summed E-state index contributed by atoms with van der Waals surface area (Å²) in [6.07, 6.45) is 5.55. The van der Waals surface area contributed by atoms with Crippen molar-refractivity contribution in [3.63, 3.8) is 0 Å². The summed E-state index contributed by atoms with van der Waals surface area (Å²) in [7, 11) is 0. The summed E-state index contributed by atoms with van der Waals surface area (Å²) >= 11 is 0. The normalized spacial score (nSPS) is 16.5. The predicted molar refractivity (Wildman–Crippen MR) is 127 cm³/mol. The van der Waals surface area contributed by atoms with Crippen LogP contribution >= 0.6 is 0 Å². The van der Waals surface area contributed by atoms with E-state index in [1.165, 1.54) is 5.01 Å². The summed E-state index contributed by atoms with van der Waals surface area (Å²) in [6.45, 7) is 8.14. The van der Waals surface area contributed by atoms with Crippen molar-refractivity contribution in [3.05, 3.63) is 42.0 Å². The number of carbonyl (C=O) groups excluding carboxylic acids is 3. The molecule has 1 fully saturated rings. The Kier molecular flexibility index (Phi) is 9.61. The van der Waals surface area contributed by atoms with E-state index in [1.807, 2.05) is 70.2 Å². The van der Waals surface area contributed by atoms with Gasteiger partial charge >= 0.3 is 0 Å². The maximum Gasteiger partial charge on any atom is 0.261 e. The quantitative estimate of drug-likeness (QED) is 0.300. The van der Waals surface area contributed by atoms with Crippen molar-refractivity contribution < 1.29 is 19.6 Å². The van der Waals surface area contributed by atoms with Gasteiger partial charge in [-0.1, -0.05) is 70.2 Å². The minimum Gasteiger partial charge on any atom is -0.317 e. The van der Waals surface area contributed by atoms with Crippen molar-refractivity contribution >= 4 is 23.8 Å². The fourth-order valence-electron chi connectivity index (χ4n) is 3.79. The smallest absolute Gasteiger partial charge is 0.261 e. The Morgan fingerprint density at radius 1 is 1.06 bits per heavy atom. The second kappa shape index (κ2) is 12.0. The van der Waals surface area contributed by atoms with Crippen LogP contribution in [-0.2, 0) is 14.4 Å². The standard InChI is InChI=1S/C25H38N4O4/c1-17(2)15-21(20(23(31)28-33)12-8-11-19-9-6-5-7-10-19)22(30)27-29(16-18(3)4)24(32)25(26)13-14-25/h5-11,17-18,20-21,33H,12-16,26H2,1-4H3,(H,27,30)(H,28,31)/b11-8+/t20-,21+/m0/s1. The van der Waals surface area contributed by atoms with E-state index in [-0.39, 0.29) is 24.2 Å². The molecular weight excluding hydrogens is 420 g/mol. The first-order chi connectivity index (χ1) is 15.6. The van der Waals surface area contributed by atoms with Crippen LogP contribution in [0.25, 0.3) is 6.08 Å². The molecule has 8 heteroatoms. The van der Waals surface area contributed by atoms with Crippen LogP contribution in [0.5, 0.6) is 0 Å². The topological polar surface area (TPSA) is 125 Å². The highest BCUT2D eigenvalue weighted by molar-refractivity contribution is 5.92. The molecule has 0 aliphatic heterocycles. The Labute approximate surface area is 196 Å². The minimum atomic E-state index is -0.921. The second-order valence-electron chi connectivity index (χ2n) is 9.81. The van der Waals surface area contributed by atoms with Crippen molar-refractivity contribution in [2.75, 3.05) is 6.54 Å². The molecule has 0 spiro atoms. The number of amides is 3. The molecule has 0 unspecified atom stereocenters. The summed E-state index contributed by atoms with van der Waals surface area (Å²) in [4.78, 5) is 38.8. The number of carbonyl (C=O) groups is 3. The first-order valence-electron chi connectivity index (χ1n) is 11.6. The predicted octanol–water partition coefficient (Wildman–Crippen LogP) is 2.88. The molecule has 0 bridgehead atoms. The van der Waals surface area contributed by atoms with Crippen molar-refractivity contribution in [2.45, 2.75) is 58.9 Å². The van der Waals surface area contributed by atoms with Crippen molar-refractivity contribution in [3.8, 4) is 0 Å². The van der Waals surface area contributed by atoms with Crippen LogP contribution in [0.3, 0.4) is 0 Å². The van der Waals surface area contributed by atoms with Crippen LogP contribution < -0.4 is 16.6 Å². The van der Waals surface area contributed by atoms with E-state index in [0.717, 1.165) is 5.56 Å². The van der Waals surface area contributed by atoms with Gasteiger partial charge in [-0.15, -0.1) is 0 Å². The van der Waals surface area contributed by atoms with Crippen molar-refractivity contribution in [1.82, 2.24) is 15.9 Å². The molecule has 1 aliphatic carbocycles. The number of hydroxylamine groups is 1. The van der Waals surface area contributed by atoms with Gasteiger partial charge in [0.2, 0.25) is 11.8 Å². The highest BCUT2D eigenvalue weighted by Gasteiger charge is 2.49. The average molecular weight is 459 g/mol. The fraction of sp³-hybridized carbons (Fsp3) is 0.560. The van der Waals surface area contributed by atoms with Gasteiger partial charge in [0.15, 0.2) is 0 Å². The van der Waals surface area contributed by atoms with E-state index in [0.29, 0.717) is 25.8 Å². The Balaban J connectivity index is 2.23. The number of hydrogen-bond donors (Lipinski definition) is 4. The minimum absolute atomic E-state index is 0.116. The maximum absolute atomic E-state index is 13.4. The Morgan fingerprint density at radius 2 is 1.70 bits per heavy atom. The molecule has 0 aromatic heterocycles. The van der Waals surface area contributed by atoms with Crippen molar-refractivity contribution in [2.24, 2.45) is 29.4 Å². The van der Waals surface area contributed by atoms with Crippen LogP contribution in [-0.4, -0.2) is 40.0 Å². The molecule has 0 heterocycles. The Hall–Kier alpha value is -2.71. The lowest BCUT2D eigenvalue weighted by atomic mass is 9.82. The van der Waals surface area contributed by atoms with Gasteiger partial charge in [0.05, 0.1) is 17.4 Å². The molecule has 3 amide bonds. The third-order valence-electron chi connectivity index (χ3n) is 5.75. The third-order valence-corrected chi connectivity index (χ3v) is 5.75. The fourth-order valence-corrected chi connectivity index (χ4v) is 3.79. The summed E-state index contributed by atoms with van der Waals surface area (Å²) in [5.74, 6) is -2.68. The Morgan fingerprint density at radius 3 is 2.21 bits per heavy atom. The third kappa shape index (κ3) is 7.98. The molecule has 8 nitrogen and oxygen atoms in total. The number of hydrogen-bond acceptors (Lipinski definition) is 5. The van der Waals surface area contributed by atoms with Gasteiger partial charge in [-0.2, -0.15) is 0 Å². The van der Waals surface area contributed by atoms with E-state index in [2.05, 4.69) is 5.43 Å². The Bertz CT molecular complexity index is 834. The molecule has 2 rings (SSSR count). The van der Waals surface area contributed by atoms with Crippen LogP contribution in [0.15, 0.2) is 36.4 Å². The zero-order chi connectivity index (χ0) is 24.6. The first-order valence-corrected chi connectivity index (χ1v) is 11.6. The SMILES string of the molecule is CC(C)C[C@@H](C(=O)NN(CC(C)C)C(=O)C1(N)CC1)[C@H](C/C=C/c1ccccc1)C(=O)NO. The molecule has 5 N–H and O–H groups in total. The van der Waals surface area contributed by atoms with Crippen LogP contribution in [0.2, 0.25) is 0 Å². The summed E-state index contributed by atoms with van der Waals surface area (Å²) < 4.78 is 0. The molecule has 0 radical (unpaired) electrons. The van der Waals surface area contributed by atoms with E-state index in [9.17, 15) is 19.6 Å². The van der Waals surface area contributed by atoms with Gasteiger partial charge in [-0.3, -0.25) is 30.0 Å². The monoisotopic (exact) mass is 458 g/mol. The van der Waals surface area contributed by atoms with Crippen molar-refractivity contribution in [1.29, 1.82) is 0 Å².